The molecule has 6 rings (SSSR count). The smallest absolute Gasteiger partial charge is 0.0569 e. The molecule has 0 aliphatic rings. The third-order valence-corrected chi connectivity index (χ3v) is 8.93. The number of nitrogens with zero attached hydrogens (tertiary/aromatic N) is 2. The first-order valence-corrected chi connectivity index (χ1v) is 17.1. The van der Waals surface area contributed by atoms with Crippen molar-refractivity contribution in [3.8, 4) is 11.1 Å². The molecule has 0 atom stereocenters. The fourth-order valence-electron chi connectivity index (χ4n) is 6.51. The van der Waals surface area contributed by atoms with E-state index in [1.54, 1.807) is 0 Å². The molecule has 6 aromatic rings. The Kier molecular flexibility index (Phi) is 10.4. The summed E-state index contributed by atoms with van der Waals surface area (Å²) in [5, 5.41) is 4.93. The van der Waals surface area contributed by atoms with Crippen LogP contribution in [0.3, 0.4) is 0 Å². The first-order chi connectivity index (χ1) is 24.0. The van der Waals surface area contributed by atoms with Gasteiger partial charge in [0.05, 0.1) is 11.4 Å². The average molecular weight is 637 g/mol. The molecular formula is C47H44N2. The lowest BCUT2D eigenvalue weighted by Gasteiger charge is -2.29. The zero-order chi connectivity index (χ0) is 34.2. The van der Waals surface area contributed by atoms with Crippen LogP contribution in [0.4, 0.5) is 22.7 Å². The highest BCUT2D eigenvalue weighted by atomic mass is 15.2. The van der Waals surface area contributed by atoms with Crippen LogP contribution in [0.15, 0.2) is 182 Å². The van der Waals surface area contributed by atoms with Gasteiger partial charge in [-0.2, -0.15) is 0 Å². The van der Waals surface area contributed by atoms with E-state index in [2.05, 4.69) is 201 Å². The van der Waals surface area contributed by atoms with Crippen LogP contribution >= 0.6 is 0 Å². The molecule has 0 N–H and O–H groups in total. The van der Waals surface area contributed by atoms with Crippen LogP contribution in [0.25, 0.3) is 32.7 Å². The highest BCUT2D eigenvalue weighted by molar-refractivity contribution is 6.00. The molecule has 49 heavy (non-hydrogen) atoms. The van der Waals surface area contributed by atoms with Gasteiger partial charge >= 0.3 is 0 Å². The summed E-state index contributed by atoms with van der Waals surface area (Å²) in [5.41, 5.74) is 10.6. The van der Waals surface area contributed by atoms with Gasteiger partial charge in [-0.3, -0.25) is 0 Å². The van der Waals surface area contributed by atoms with E-state index in [4.69, 9.17) is 0 Å². The Morgan fingerprint density at radius 2 is 1.02 bits per heavy atom. The molecule has 0 amide bonds. The van der Waals surface area contributed by atoms with Crippen molar-refractivity contribution in [2.45, 2.75) is 34.6 Å². The normalized spacial score (nSPS) is 12.4. The third-order valence-electron chi connectivity index (χ3n) is 8.93. The van der Waals surface area contributed by atoms with Gasteiger partial charge in [-0.05, 0) is 104 Å². The van der Waals surface area contributed by atoms with E-state index >= 15 is 0 Å². The van der Waals surface area contributed by atoms with Crippen LogP contribution in [0.1, 0.15) is 31.9 Å². The van der Waals surface area contributed by atoms with Crippen molar-refractivity contribution in [2.75, 3.05) is 9.80 Å². The predicted molar refractivity (Wildman–Crippen MR) is 215 cm³/mol. The molecule has 2 heteroatoms. The van der Waals surface area contributed by atoms with Gasteiger partial charge in [0.1, 0.15) is 0 Å². The van der Waals surface area contributed by atoms with Crippen LogP contribution in [0, 0.1) is 13.8 Å². The summed E-state index contributed by atoms with van der Waals surface area (Å²) in [6, 6.07) is 43.9. The van der Waals surface area contributed by atoms with E-state index in [0.29, 0.717) is 0 Å². The Balaban J connectivity index is 1.38. The molecule has 0 spiro atoms. The first kappa shape index (κ1) is 33.1. The van der Waals surface area contributed by atoms with E-state index in [1.807, 2.05) is 19.1 Å². The van der Waals surface area contributed by atoms with Crippen LogP contribution in [0.2, 0.25) is 0 Å². The van der Waals surface area contributed by atoms with Gasteiger partial charge in [-0.1, -0.05) is 134 Å². The lowest BCUT2D eigenvalue weighted by Crippen LogP contribution is -2.16. The third kappa shape index (κ3) is 7.05. The number of anilines is 4. The topological polar surface area (TPSA) is 6.48 Å². The summed E-state index contributed by atoms with van der Waals surface area (Å²) in [7, 11) is 0. The highest BCUT2D eigenvalue weighted by Crippen LogP contribution is 2.40. The molecule has 0 aromatic heterocycles. The van der Waals surface area contributed by atoms with E-state index in [-0.39, 0.29) is 0 Å². The Morgan fingerprint density at radius 3 is 1.59 bits per heavy atom. The van der Waals surface area contributed by atoms with Crippen molar-refractivity contribution < 1.29 is 0 Å². The van der Waals surface area contributed by atoms with Gasteiger partial charge in [0.25, 0.3) is 0 Å². The van der Waals surface area contributed by atoms with Crippen molar-refractivity contribution in [3.63, 3.8) is 0 Å². The number of benzene rings is 6. The molecule has 0 heterocycles. The molecule has 2 nitrogen and oxygen atoms in total. The number of rotatable bonds is 10. The minimum Gasteiger partial charge on any atom is -0.316 e. The second-order valence-electron chi connectivity index (χ2n) is 12.2. The predicted octanol–water partition coefficient (Wildman–Crippen LogP) is 13.7. The largest absolute Gasteiger partial charge is 0.316 e. The minimum atomic E-state index is 1.11. The molecule has 6 aromatic carbocycles. The lowest BCUT2D eigenvalue weighted by atomic mass is 10.0. The minimum absolute atomic E-state index is 1.11. The van der Waals surface area contributed by atoms with E-state index in [9.17, 15) is 0 Å². The van der Waals surface area contributed by atoms with Crippen molar-refractivity contribution in [1.82, 2.24) is 0 Å². The van der Waals surface area contributed by atoms with E-state index in [1.165, 1.54) is 55.2 Å². The molecular weight excluding hydrogens is 593 g/mol. The molecule has 0 aliphatic heterocycles. The average Bonchev–Trinajstić information content (AvgIpc) is 3.14. The lowest BCUT2D eigenvalue weighted by molar-refractivity contribution is 1.19. The molecule has 242 valence electrons. The molecule has 0 bridgehead atoms. The summed E-state index contributed by atoms with van der Waals surface area (Å²) in [5.74, 6) is 0. The number of hydrogen-bond acceptors (Lipinski definition) is 2. The summed E-state index contributed by atoms with van der Waals surface area (Å²) >= 11 is 0. The van der Waals surface area contributed by atoms with Crippen LogP contribution in [0.5, 0.6) is 0 Å². The monoisotopic (exact) mass is 636 g/mol. The number of fused-ring (bicyclic) bond motifs is 2. The summed E-state index contributed by atoms with van der Waals surface area (Å²) < 4.78 is 0. The summed E-state index contributed by atoms with van der Waals surface area (Å²) in [6.07, 6.45) is 18.9. The quantitative estimate of drug-likeness (QED) is 0.138. The Labute approximate surface area is 292 Å². The standard InChI is InChI=1S/C47H44N2/c1-6-9-10-11-16-34-48(46-35(4)22-24-39-18-12-14-20-44(39)46)42-30-26-37(27-31-42)38-28-32-43(33-29-38)49(41(8-3)17-7-2)47-36(5)23-25-40-19-13-15-21-45(40)47/h6-34H,1-5H3/b9-6-,11-10-,17-7-,34-16+,41-8+. The molecule has 0 saturated heterocycles. The van der Waals surface area contributed by atoms with Gasteiger partial charge in [0.2, 0.25) is 0 Å². The van der Waals surface area contributed by atoms with Gasteiger partial charge in [-0.15, -0.1) is 0 Å². The maximum Gasteiger partial charge on any atom is 0.0569 e. The molecule has 0 radical (unpaired) electrons. The Hall–Kier alpha value is -5.86. The Bertz CT molecular complexity index is 2210. The maximum absolute atomic E-state index is 2.38. The van der Waals surface area contributed by atoms with E-state index < -0.39 is 0 Å². The number of allylic oxidation sites excluding steroid dienone is 8. The second-order valence-corrected chi connectivity index (χ2v) is 12.2. The number of hydrogen-bond donors (Lipinski definition) is 0. The maximum atomic E-state index is 2.38. The van der Waals surface area contributed by atoms with Crippen molar-refractivity contribution in [3.05, 3.63) is 193 Å². The van der Waals surface area contributed by atoms with Crippen molar-refractivity contribution in [2.24, 2.45) is 0 Å². The van der Waals surface area contributed by atoms with E-state index in [0.717, 1.165) is 17.1 Å². The zero-order valence-electron chi connectivity index (χ0n) is 29.1. The fourth-order valence-corrected chi connectivity index (χ4v) is 6.51. The highest BCUT2D eigenvalue weighted by Gasteiger charge is 2.18. The first-order valence-electron chi connectivity index (χ1n) is 17.1. The molecule has 0 aliphatic carbocycles. The van der Waals surface area contributed by atoms with Gasteiger partial charge < -0.3 is 9.80 Å². The van der Waals surface area contributed by atoms with Crippen LogP contribution in [-0.2, 0) is 0 Å². The van der Waals surface area contributed by atoms with Crippen LogP contribution < -0.4 is 9.80 Å². The van der Waals surface area contributed by atoms with Gasteiger partial charge in [0, 0.05) is 34.0 Å². The molecule has 0 saturated carbocycles. The molecule has 0 unspecified atom stereocenters. The number of aryl methyl sites for hydroxylation is 2. The summed E-state index contributed by atoms with van der Waals surface area (Å²) in [4.78, 5) is 4.68. The SMILES string of the molecule is C\C=C/C=C\C=C\N(c1ccc(-c2ccc(N(C(/C=C\C)=C/C)c3c(C)ccc4ccccc34)cc2)cc1)c1c(C)ccc2ccccc12. The van der Waals surface area contributed by atoms with Crippen LogP contribution in [-0.4, -0.2) is 0 Å². The van der Waals surface area contributed by atoms with Gasteiger partial charge in [0.15, 0.2) is 0 Å². The zero-order valence-corrected chi connectivity index (χ0v) is 29.1. The Morgan fingerprint density at radius 1 is 0.490 bits per heavy atom. The fraction of sp³-hybridized carbons (Fsp3) is 0.106. The van der Waals surface area contributed by atoms with Crippen molar-refractivity contribution >= 4 is 44.3 Å². The van der Waals surface area contributed by atoms with Crippen molar-refractivity contribution in [1.29, 1.82) is 0 Å². The molecule has 0 fully saturated rings. The summed E-state index contributed by atoms with van der Waals surface area (Å²) in [6.45, 7) is 10.6. The second kappa shape index (κ2) is 15.4. The van der Waals surface area contributed by atoms with Gasteiger partial charge in [-0.25, -0.2) is 0 Å².